The molecule has 2 fully saturated rings. The second kappa shape index (κ2) is 13.3. The van der Waals surface area contributed by atoms with Crippen LogP contribution in [0.25, 0.3) is 6.08 Å². The molecule has 1 atom stereocenters. The molecule has 2 aliphatic rings. The molecule has 212 valence electrons. The minimum atomic E-state index is -0.647. The third-order valence-corrected chi connectivity index (χ3v) is 7.98. The highest BCUT2D eigenvalue weighted by atomic mass is 19.1. The van der Waals surface area contributed by atoms with E-state index in [1.54, 1.807) is 33.3 Å². The predicted octanol–water partition coefficient (Wildman–Crippen LogP) is 6.16. The molecule has 1 aliphatic heterocycles. The van der Waals surface area contributed by atoms with Gasteiger partial charge >= 0.3 is 0 Å². The molecule has 2 aromatic rings. The smallest absolute Gasteiger partial charge is 0.252 e. The summed E-state index contributed by atoms with van der Waals surface area (Å²) < 4.78 is 44.4. The molecule has 1 N–H and O–H groups in total. The number of ether oxygens (including phenoxy) is 3. The molecule has 1 heterocycles. The zero-order chi connectivity index (χ0) is 27.9. The van der Waals surface area contributed by atoms with Gasteiger partial charge in [-0.25, -0.2) is 8.78 Å². The maximum atomic E-state index is 14.1. The maximum Gasteiger partial charge on any atom is 0.252 e. The highest BCUT2D eigenvalue weighted by Gasteiger charge is 2.34. The summed E-state index contributed by atoms with van der Waals surface area (Å²) in [6, 6.07) is 6.06. The van der Waals surface area contributed by atoms with Gasteiger partial charge in [-0.2, -0.15) is 0 Å². The van der Waals surface area contributed by atoms with Gasteiger partial charge < -0.3 is 19.5 Å². The number of hydrogen-bond donors (Lipinski definition) is 1. The van der Waals surface area contributed by atoms with Crippen molar-refractivity contribution in [1.29, 1.82) is 0 Å². The molecule has 1 saturated carbocycles. The summed E-state index contributed by atoms with van der Waals surface area (Å²) in [6.07, 6.45) is 10.8. The second-order valence-electron chi connectivity index (χ2n) is 10.5. The lowest BCUT2D eigenvalue weighted by molar-refractivity contribution is 0.0954. The molecule has 1 aliphatic carbocycles. The van der Waals surface area contributed by atoms with Gasteiger partial charge in [-0.3, -0.25) is 9.69 Å². The first kappa shape index (κ1) is 28.9. The van der Waals surface area contributed by atoms with Crippen molar-refractivity contribution in [3.05, 3.63) is 58.2 Å². The zero-order valence-electron chi connectivity index (χ0n) is 23.4. The van der Waals surface area contributed by atoms with E-state index in [1.807, 2.05) is 0 Å². The van der Waals surface area contributed by atoms with E-state index < -0.39 is 11.6 Å². The minimum Gasteiger partial charge on any atom is -0.493 e. The molecule has 6 nitrogen and oxygen atoms in total. The Morgan fingerprint density at radius 3 is 2.41 bits per heavy atom. The maximum absolute atomic E-state index is 14.1. The topological polar surface area (TPSA) is 60.0 Å². The van der Waals surface area contributed by atoms with Crippen LogP contribution in [0.3, 0.4) is 0 Å². The van der Waals surface area contributed by atoms with E-state index in [0.29, 0.717) is 41.3 Å². The van der Waals surface area contributed by atoms with Gasteiger partial charge in [0, 0.05) is 35.8 Å². The lowest BCUT2D eigenvalue weighted by Gasteiger charge is -2.36. The van der Waals surface area contributed by atoms with Crippen molar-refractivity contribution in [3.8, 4) is 17.2 Å². The Hall–Kier alpha value is -3.13. The Kier molecular flexibility index (Phi) is 9.83. The molecule has 4 rings (SSSR count). The van der Waals surface area contributed by atoms with Crippen LogP contribution < -0.4 is 19.5 Å². The van der Waals surface area contributed by atoms with E-state index >= 15 is 0 Å². The predicted molar refractivity (Wildman–Crippen MR) is 149 cm³/mol. The van der Waals surface area contributed by atoms with E-state index in [0.717, 1.165) is 36.6 Å². The van der Waals surface area contributed by atoms with Gasteiger partial charge in [0.2, 0.25) is 5.75 Å². The quantitative estimate of drug-likeness (QED) is 0.390. The van der Waals surface area contributed by atoms with Crippen molar-refractivity contribution in [1.82, 2.24) is 10.2 Å². The van der Waals surface area contributed by atoms with Crippen LogP contribution in [0, 0.1) is 11.6 Å². The summed E-state index contributed by atoms with van der Waals surface area (Å²) in [5.74, 6) is -0.158. The van der Waals surface area contributed by atoms with Crippen molar-refractivity contribution in [3.63, 3.8) is 0 Å². The molecule has 0 spiro atoms. The molecule has 0 unspecified atom stereocenters. The summed E-state index contributed by atoms with van der Waals surface area (Å²) in [4.78, 5) is 16.2. The van der Waals surface area contributed by atoms with E-state index in [2.05, 4.69) is 10.2 Å². The zero-order valence-corrected chi connectivity index (χ0v) is 23.4. The van der Waals surface area contributed by atoms with Crippen molar-refractivity contribution in [2.24, 2.45) is 0 Å². The van der Waals surface area contributed by atoms with Crippen LogP contribution in [0.5, 0.6) is 17.2 Å². The van der Waals surface area contributed by atoms with Crippen molar-refractivity contribution in [2.75, 3.05) is 34.4 Å². The van der Waals surface area contributed by atoms with E-state index in [1.165, 1.54) is 51.3 Å². The van der Waals surface area contributed by atoms with Crippen molar-refractivity contribution in [2.45, 2.75) is 70.4 Å². The summed E-state index contributed by atoms with van der Waals surface area (Å²) in [5.41, 5.74) is 2.26. The fourth-order valence-electron chi connectivity index (χ4n) is 6.08. The molecule has 2 aromatic carbocycles. The lowest BCUT2D eigenvalue weighted by atomic mass is 9.91. The number of benzene rings is 2. The van der Waals surface area contributed by atoms with Crippen LogP contribution >= 0.6 is 0 Å². The Balaban J connectivity index is 1.61. The number of rotatable bonds is 10. The van der Waals surface area contributed by atoms with E-state index in [-0.39, 0.29) is 18.0 Å². The van der Waals surface area contributed by atoms with Gasteiger partial charge in [0.15, 0.2) is 11.5 Å². The highest BCUT2D eigenvalue weighted by Crippen LogP contribution is 2.44. The van der Waals surface area contributed by atoms with Crippen molar-refractivity contribution >= 4 is 12.0 Å². The number of halogens is 2. The number of nitrogens with one attached hydrogen (secondary N) is 1. The van der Waals surface area contributed by atoms with Gasteiger partial charge in [0.1, 0.15) is 11.6 Å². The molecule has 1 amide bonds. The molecule has 8 heteroatoms. The van der Waals surface area contributed by atoms with Crippen LogP contribution in [0.2, 0.25) is 0 Å². The summed E-state index contributed by atoms with van der Waals surface area (Å²) in [6.45, 7) is 3.07. The SMILES string of the molecule is COc1cc(C(=O)NCC(C)=Cc2ccc(F)cc2F)c(C[C@H]2CCCN2C2CCCCC2)c(OC)c1OC. The standard InChI is InChI=1S/C31H40F2N2O4/c1-20(15-21-12-13-22(32)16-27(21)33)19-34-31(36)26-18-28(37-2)30(39-4)29(38-3)25(26)17-24-11-8-14-35(24)23-9-6-5-7-10-23/h12-13,15-16,18,23-24H,5-11,14,17,19H2,1-4H3,(H,34,36)/t24-/m1/s1. The average molecular weight is 543 g/mol. The first-order chi connectivity index (χ1) is 18.9. The van der Waals surface area contributed by atoms with Crippen LogP contribution in [-0.4, -0.2) is 57.3 Å². The Labute approximate surface area is 230 Å². The first-order valence-corrected chi connectivity index (χ1v) is 13.8. The number of hydrogen-bond acceptors (Lipinski definition) is 5. The van der Waals surface area contributed by atoms with Gasteiger partial charge in [0.25, 0.3) is 5.91 Å². The molecule has 1 saturated heterocycles. The fraction of sp³-hybridized carbons (Fsp3) is 0.516. The molecule has 0 bridgehead atoms. The average Bonchev–Trinajstić information content (AvgIpc) is 3.41. The second-order valence-corrected chi connectivity index (χ2v) is 10.5. The number of likely N-dealkylation sites (tertiary alicyclic amines) is 1. The highest BCUT2D eigenvalue weighted by molar-refractivity contribution is 5.97. The fourth-order valence-corrected chi connectivity index (χ4v) is 6.08. The van der Waals surface area contributed by atoms with Gasteiger partial charge in [-0.1, -0.05) is 30.9 Å². The van der Waals surface area contributed by atoms with Crippen LogP contribution in [-0.2, 0) is 6.42 Å². The van der Waals surface area contributed by atoms with Gasteiger partial charge in [-0.05, 0) is 63.8 Å². The Bertz CT molecular complexity index is 1190. The minimum absolute atomic E-state index is 0.198. The summed E-state index contributed by atoms with van der Waals surface area (Å²) >= 11 is 0. The Morgan fingerprint density at radius 2 is 1.74 bits per heavy atom. The van der Waals surface area contributed by atoms with Gasteiger partial charge in [0.05, 0.1) is 26.9 Å². The van der Waals surface area contributed by atoms with E-state index in [4.69, 9.17) is 14.2 Å². The van der Waals surface area contributed by atoms with Gasteiger partial charge in [-0.15, -0.1) is 0 Å². The monoisotopic (exact) mass is 542 g/mol. The summed E-state index contributed by atoms with van der Waals surface area (Å²) in [5, 5.41) is 2.96. The van der Waals surface area contributed by atoms with E-state index in [9.17, 15) is 13.6 Å². The number of amides is 1. The number of carbonyl (C=O) groups is 1. The molecule has 0 radical (unpaired) electrons. The molecular weight excluding hydrogens is 502 g/mol. The molecule has 39 heavy (non-hydrogen) atoms. The lowest BCUT2D eigenvalue weighted by Crippen LogP contribution is -2.41. The van der Waals surface area contributed by atoms with Crippen molar-refractivity contribution < 1.29 is 27.8 Å². The summed E-state index contributed by atoms with van der Waals surface area (Å²) in [7, 11) is 4.68. The number of nitrogens with zero attached hydrogens (tertiary/aromatic N) is 1. The third kappa shape index (κ3) is 6.72. The molecule has 0 aromatic heterocycles. The Morgan fingerprint density at radius 1 is 1.00 bits per heavy atom. The number of methoxy groups -OCH3 is 3. The van der Waals surface area contributed by atoms with Crippen LogP contribution in [0.15, 0.2) is 29.8 Å². The largest absolute Gasteiger partial charge is 0.493 e. The first-order valence-electron chi connectivity index (χ1n) is 13.8. The normalized spacial score (nSPS) is 18.7. The van der Waals surface area contributed by atoms with Crippen LogP contribution in [0.1, 0.15) is 73.4 Å². The molecular formula is C31H40F2N2O4. The van der Waals surface area contributed by atoms with Crippen LogP contribution in [0.4, 0.5) is 8.78 Å². The third-order valence-electron chi connectivity index (χ3n) is 7.98. The number of carbonyl (C=O) groups excluding carboxylic acids is 1.